The number of benzene rings is 2. The molecule has 2 rings (SSSR count). The lowest BCUT2D eigenvalue weighted by Crippen LogP contribution is -2.03. The molecule has 0 aliphatic heterocycles. The Morgan fingerprint density at radius 3 is 2.60 bits per heavy atom. The van der Waals surface area contributed by atoms with Crippen LogP contribution in [0.4, 0.5) is 15.8 Å². The van der Waals surface area contributed by atoms with E-state index in [9.17, 15) is 14.5 Å². The van der Waals surface area contributed by atoms with E-state index in [0.29, 0.717) is 11.3 Å². The molecule has 20 heavy (non-hydrogen) atoms. The van der Waals surface area contributed by atoms with Crippen molar-refractivity contribution < 1.29 is 9.31 Å². The second kappa shape index (κ2) is 6.07. The van der Waals surface area contributed by atoms with Gasteiger partial charge in [-0.25, -0.2) is 4.39 Å². The number of nitro groups is 1. The summed E-state index contributed by atoms with van der Waals surface area (Å²) in [5.74, 6) is -0.434. The molecule has 0 amide bonds. The Morgan fingerprint density at radius 2 is 1.95 bits per heavy atom. The molecular formula is C13H9Cl2FN2O2. The molecule has 104 valence electrons. The fourth-order valence-corrected chi connectivity index (χ4v) is 2.06. The molecule has 0 spiro atoms. The van der Waals surface area contributed by atoms with E-state index in [0.717, 1.165) is 0 Å². The zero-order valence-corrected chi connectivity index (χ0v) is 11.6. The molecule has 0 aliphatic carbocycles. The van der Waals surface area contributed by atoms with Gasteiger partial charge in [0.1, 0.15) is 11.5 Å². The van der Waals surface area contributed by atoms with Gasteiger partial charge in [-0.05, 0) is 29.8 Å². The van der Waals surface area contributed by atoms with E-state index >= 15 is 0 Å². The fraction of sp³-hybridized carbons (Fsp3) is 0.0769. The van der Waals surface area contributed by atoms with Crippen molar-refractivity contribution in [3.63, 3.8) is 0 Å². The summed E-state index contributed by atoms with van der Waals surface area (Å²) in [5, 5.41) is 14.4. The van der Waals surface area contributed by atoms with Crippen LogP contribution in [0.3, 0.4) is 0 Å². The van der Waals surface area contributed by atoms with Crippen molar-refractivity contribution in [3.05, 3.63) is 67.9 Å². The van der Waals surface area contributed by atoms with Crippen LogP contribution in [0.25, 0.3) is 0 Å². The molecule has 0 fully saturated rings. The molecule has 0 bridgehead atoms. The highest BCUT2D eigenvalue weighted by molar-refractivity contribution is 6.31. The van der Waals surface area contributed by atoms with Gasteiger partial charge in [0.25, 0.3) is 5.69 Å². The number of halogens is 3. The summed E-state index contributed by atoms with van der Waals surface area (Å²) in [6.07, 6.45) is 0. The van der Waals surface area contributed by atoms with Crippen LogP contribution < -0.4 is 5.32 Å². The average Bonchev–Trinajstić information content (AvgIpc) is 2.38. The first-order chi connectivity index (χ1) is 9.47. The number of nitro benzene ring substituents is 1. The molecule has 0 atom stereocenters. The van der Waals surface area contributed by atoms with Crippen molar-refractivity contribution in [1.82, 2.24) is 0 Å². The third-order valence-corrected chi connectivity index (χ3v) is 3.23. The van der Waals surface area contributed by atoms with Crippen LogP contribution in [0.15, 0.2) is 36.4 Å². The molecule has 0 radical (unpaired) electrons. The SMILES string of the molecule is O=[N+]([O-])c1cc(Cl)ccc1NCc1ccc(F)cc1Cl. The maximum absolute atomic E-state index is 12.9. The Morgan fingerprint density at radius 1 is 1.20 bits per heavy atom. The zero-order valence-electron chi connectivity index (χ0n) is 10.1. The standard InChI is InChI=1S/C13H9Cl2FN2O2/c14-9-2-4-12(13(5-9)18(19)20)17-7-8-1-3-10(16)6-11(8)15/h1-6,17H,7H2. The predicted molar refractivity (Wildman–Crippen MR) is 76.8 cm³/mol. The first-order valence-corrected chi connectivity index (χ1v) is 6.34. The van der Waals surface area contributed by atoms with Gasteiger partial charge in [-0.3, -0.25) is 10.1 Å². The molecule has 2 aromatic rings. The second-order valence-electron chi connectivity index (χ2n) is 4.01. The Balaban J connectivity index is 2.20. The Bertz CT molecular complexity index is 665. The summed E-state index contributed by atoms with van der Waals surface area (Å²) in [5.41, 5.74) is 0.827. The van der Waals surface area contributed by atoms with E-state index in [-0.39, 0.29) is 22.3 Å². The third-order valence-electron chi connectivity index (χ3n) is 2.64. The van der Waals surface area contributed by atoms with E-state index in [1.807, 2.05) is 0 Å². The summed E-state index contributed by atoms with van der Waals surface area (Å²) < 4.78 is 12.9. The number of hydrogen-bond acceptors (Lipinski definition) is 3. The normalized spacial score (nSPS) is 10.3. The Labute approximate surface area is 124 Å². The van der Waals surface area contributed by atoms with Crippen LogP contribution in [0.2, 0.25) is 10.0 Å². The summed E-state index contributed by atoms with van der Waals surface area (Å²) in [7, 11) is 0. The summed E-state index contributed by atoms with van der Waals surface area (Å²) in [4.78, 5) is 10.4. The Hall–Kier alpha value is -1.85. The molecule has 0 aromatic heterocycles. The lowest BCUT2D eigenvalue weighted by molar-refractivity contribution is -0.383. The van der Waals surface area contributed by atoms with E-state index in [1.165, 1.54) is 30.3 Å². The van der Waals surface area contributed by atoms with Crippen LogP contribution >= 0.6 is 23.2 Å². The Kier molecular flexibility index (Phi) is 4.42. The van der Waals surface area contributed by atoms with Gasteiger partial charge in [0.05, 0.1) is 4.92 Å². The lowest BCUT2D eigenvalue weighted by atomic mass is 10.2. The quantitative estimate of drug-likeness (QED) is 0.660. The van der Waals surface area contributed by atoms with Gasteiger partial charge in [-0.15, -0.1) is 0 Å². The number of hydrogen-bond donors (Lipinski definition) is 1. The number of anilines is 1. The zero-order chi connectivity index (χ0) is 14.7. The first-order valence-electron chi connectivity index (χ1n) is 5.59. The maximum Gasteiger partial charge on any atom is 0.293 e. The minimum Gasteiger partial charge on any atom is -0.375 e. The highest BCUT2D eigenvalue weighted by Gasteiger charge is 2.14. The molecule has 1 N–H and O–H groups in total. The second-order valence-corrected chi connectivity index (χ2v) is 4.85. The van der Waals surface area contributed by atoms with Crippen LogP contribution in [0.5, 0.6) is 0 Å². The number of nitrogens with one attached hydrogen (secondary N) is 1. The minimum absolute atomic E-state index is 0.129. The largest absolute Gasteiger partial charge is 0.375 e. The van der Waals surface area contributed by atoms with Gasteiger partial charge in [0.2, 0.25) is 0 Å². The van der Waals surface area contributed by atoms with E-state index < -0.39 is 10.7 Å². The molecule has 0 saturated heterocycles. The van der Waals surface area contributed by atoms with E-state index in [2.05, 4.69) is 5.32 Å². The van der Waals surface area contributed by atoms with Crippen molar-refractivity contribution in [3.8, 4) is 0 Å². The topological polar surface area (TPSA) is 55.2 Å². The molecule has 4 nitrogen and oxygen atoms in total. The summed E-state index contributed by atoms with van der Waals surface area (Å²) >= 11 is 11.6. The van der Waals surface area contributed by atoms with Crippen LogP contribution in [-0.4, -0.2) is 4.92 Å². The van der Waals surface area contributed by atoms with Gasteiger partial charge in [0.15, 0.2) is 0 Å². The van der Waals surface area contributed by atoms with Gasteiger partial charge >= 0.3 is 0 Å². The number of nitrogens with zero attached hydrogens (tertiary/aromatic N) is 1. The number of rotatable bonds is 4. The van der Waals surface area contributed by atoms with Crippen LogP contribution in [0.1, 0.15) is 5.56 Å². The molecule has 2 aromatic carbocycles. The van der Waals surface area contributed by atoms with Gasteiger partial charge in [-0.2, -0.15) is 0 Å². The van der Waals surface area contributed by atoms with Crippen molar-refractivity contribution in [2.75, 3.05) is 5.32 Å². The molecular weight excluding hydrogens is 306 g/mol. The highest BCUT2D eigenvalue weighted by atomic mass is 35.5. The molecule has 7 heteroatoms. The average molecular weight is 315 g/mol. The van der Waals surface area contributed by atoms with Crippen LogP contribution in [0, 0.1) is 15.9 Å². The fourth-order valence-electron chi connectivity index (χ4n) is 1.66. The van der Waals surface area contributed by atoms with Gasteiger partial charge in [-0.1, -0.05) is 29.3 Å². The van der Waals surface area contributed by atoms with Crippen molar-refractivity contribution in [2.45, 2.75) is 6.54 Å². The smallest absolute Gasteiger partial charge is 0.293 e. The third kappa shape index (κ3) is 3.37. The van der Waals surface area contributed by atoms with Crippen LogP contribution in [-0.2, 0) is 6.54 Å². The maximum atomic E-state index is 12.9. The molecule has 0 heterocycles. The minimum atomic E-state index is -0.527. The van der Waals surface area contributed by atoms with E-state index in [1.54, 1.807) is 6.07 Å². The van der Waals surface area contributed by atoms with Gasteiger partial charge in [0, 0.05) is 22.7 Å². The molecule has 0 aliphatic rings. The summed E-state index contributed by atoms with van der Waals surface area (Å²) in [6.45, 7) is 0.238. The van der Waals surface area contributed by atoms with Crippen molar-refractivity contribution in [1.29, 1.82) is 0 Å². The molecule has 0 unspecified atom stereocenters. The lowest BCUT2D eigenvalue weighted by Gasteiger charge is -2.09. The monoisotopic (exact) mass is 314 g/mol. The predicted octanol–water partition coefficient (Wildman–Crippen LogP) is 4.65. The van der Waals surface area contributed by atoms with Crippen molar-refractivity contribution in [2.24, 2.45) is 0 Å². The van der Waals surface area contributed by atoms with E-state index in [4.69, 9.17) is 23.2 Å². The van der Waals surface area contributed by atoms with Crippen molar-refractivity contribution >= 4 is 34.6 Å². The highest BCUT2D eigenvalue weighted by Crippen LogP contribution is 2.28. The first kappa shape index (κ1) is 14.6. The summed E-state index contributed by atoms with van der Waals surface area (Å²) in [6, 6.07) is 8.30. The van der Waals surface area contributed by atoms with Gasteiger partial charge < -0.3 is 5.32 Å². The molecule has 0 saturated carbocycles.